The van der Waals surface area contributed by atoms with Crippen molar-refractivity contribution >= 4 is 34.3 Å². The predicted octanol–water partition coefficient (Wildman–Crippen LogP) is 5.42. The molecule has 0 saturated heterocycles. The van der Waals surface area contributed by atoms with E-state index in [4.69, 9.17) is 11.6 Å². The van der Waals surface area contributed by atoms with Crippen LogP contribution in [-0.4, -0.2) is 24.3 Å². The zero-order valence-corrected chi connectivity index (χ0v) is 20.3. The Morgan fingerprint density at radius 1 is 1.00 bits per heavy atom. The Kier molecular flexibility index (Phi) is 6.36. The van der Waals surface area contributed by atoms with Gasteiger partial charge in [0.2, 0.25) is 0 Å². The zero-order chi connectivity index (χ0) is 24.4. The Hall–Kier alpha value is -3.93. The predicted molar refractivity (Wildman–Crippen MR) is 138 cm³/mol. The van der Waals surface area contributed by atoms with E-state index in [0.717, 1.165) is 16.8 Å². The minimum absolute atomic E-state index is 0.0783. The summed E-state index contributed by atoms with van der Waals surface area (Å²) in [5, 5.41) is 20.0. The fourth-order valence-electron chi connectivity index (χ4n) is 3.76. The third-order valence-electron chi connectivity index (χ3n) is 5.53. The van der Waals surface area contributed by atoms with Crippen LogP contribution in [-0.2, 0) is 12.3 Å². The van der Waals surface area contributed by atoms with E-state index >= 15 is 0 Å². The Labute approximate surface area is 210 Å². The molecule has 0 bridgehead atoms. The Bertz CT molecular complexity index is 1620. The van der Waals surface area contributed by atoms with Crippen LogP contribution in [0.2, 0.25) is 5.02 Å². The number of hydrogen-bond acceptors (Lipinski definition) is 6. The fraction of sp³-hybridized carbons (Fsp3) is 0.115. The van der Waals surface area contributed by atoms with Crippen LogP contribution in [0.25, 0.3) is 28.0 Å². The number of benzene rings is 3. The highest BCUT2D eigenvalue weighted by atomic mass is 35.5. The van der Waals surface area contributed by atoms with Crippen molar-refractivity contribution in [2.75, 3.05) is 0 Å². The number of para-hydroxylation sites is 1. The minimum atomic E-state index is -0.229. The van der Waals surface area contributed by atoms with Crippen molar-refractivity contribution in [2.24, 2.45) is 0 Å². The summed E-state index contributed by atoms with van der Waals surface area (Å²) >= 11 is 7.53. The smallest absolute Gasteiger partial charge is 0.262 e. The maximum atomic E-state index is 13.0. The van der Waals surface area contributed by atoms with E-state index in [2.05, 4.69) is 21.3 Å². The normalized spacial score (nSPS) is 11.0. The number of nitrogens with zero attached hydrogens (tertiary/aromatic N) is 6. The molecule has 0 aliphatic carbocycles. The first-order chi connectivity index (χ1) is 17.0. The first kappa shape index (κ1) is 22.8. The minimum Gasteiger partial charge on any atom is -0.281 e. The number of hydrogen-bond donors (Lipinski definition) is 0. The SMILES string of the molecule is Cc1ccc(-c2nnc(SCc3nc4ccccc4c(=O)n3CC#N)n2-c2ccc(Cl)cc2)cc1. The summed E-state index contributed by atoms with van der Waals surface area (Å²) in [7, 11) is 0. The van der Waals surface area contributed by atoms with E-state index in [1.807, 2.05) is 66.1 Å². The number of aromatic nitrogens is 5. The number of halogens is 1. The van der Waals surface area contributed by atoms with Crippen molar-refractivity contribution in [2.45, 2.75) is 24.4 Å². The van der Waals surface area contributed by atoms with Crippen LogP contribution in [0.5, 0.6) is 0 Å². The molecule has 0 radical (unpaired) electrons. The van der Waals surface area contributed by atoms with E-state index in [0.29, 0.717) is 38.5 Å². The van der Waals surface area contributed by atoms with Crippen molar-refractivity contribution < 1.29 is 0 Å². The number of thioether (sulfide) groups is 1. The molecule has 7 nitrogen and oxygen atoms in total. The summed E-state index contributed by atoms with van der Waals surface area (Å²) in [5.41, 5.74) is 3.31. The number of aryl methyl sites for hydroxylation is 1. The van der Waals surface area contributed by atoms with E-state index in [1.165, 1.54) is 16.3 Å². The standard InChI is InChI=1S/C26H19ClN6OS/c1-17-6-8-18(9-7-17)24-30-31-26(33(24)20-12-10-19(27)11-13-20)35-16-23-29-22-5-3-2-4-21(22)25(34)32(23)15-14-28/h2-13H,15-16H2,1H3. The maximum Gasteiger partial charge on any atom is 0.262 e. The van der Waals surface area contributed by atoms with Gasteiger partial charge in [0.15, 0.2) is 11.0 Å². The fourth-order valence-corrected chi connectivity index (χ4v) is 4.79. The van der Waals surface area contributed by atoms with Gasteiger partial charge in [0.1, 0.15) is 12.4 Å². The molecular weight excluding hydrogens is 480 g/mol. The quantitative estimate of drug-likeness (QED) is 0.290. The molecule has 9 heteroatoms. The van der Waals surface area contributed by atoms with Gasteiger partial charge in [-0.3, -0.25) is 13.9 Å². The molecule has 5 aromatic rings. The average molecular weight is 499 g/mol. The van der Waals surface area contributed by atoms with Crippen LogP contribution in [0.15, 0.2) is 82.7 Å². The number of rotatable bonds is 6. The molecule has 0 aliphatic rings. The lowest BCUT2D eigenvalue weighted by molar-refractivity contribution is 0.729. The molecule has 0 amide bonds. The van der Waals surface area contributed by atoms with Gasteiger partial charge in [-0.05, 0) is 43.3 Å². The Morgan fingerprint density at radius 3 is 2.49 bits per heavy atom. The Morgan fingerprint density at radius 2 is 1.74 bits per heavy atom. The molecule has 3 aromatic carbocycles. The molecule has 5 rings (SSSR count). The van der Waals surface area contributed by atoms with Crippen LogP contribution >= 0.6 is 23.4 Å². The summed E-state index contributed by atoms with van der Waals surface area (Å²) < 4.78 is 3.37. The molecular formula is C26H19ClN6OS. The molecule has 0 unspecified atom stereocenters. The molecule has 0 fully saturated rings. The Balaban J connectivity index is 1.57. The summed E-state index contributed by atoms with van der Waals surface area (Å²) in [4.78, 5) is 17.7. The lowest BCUT2D eigenvalue weighted by Gasteiger charge is -2.12. The second-order valence-electron chi connectivity index (χ2n) is 7.87. The van der Waals surface area contributed by atoms with Gasteiger partial charge in [-0.25, -0.2) is 4.98 Å². The molecule has 0 spiro atoms. The topological polar surface area (TPSA) is 89.4 Å². The lowest BCUT2D eigenvalue weighted by Crippen LogP contribution is -2.24. The average Bonchev–Trinajstić information content (AvgIpc) is 3.29. The van der Waals surface area contributed by atoms with Crippen molar-refractivity contribution in [3.8, 4) is 23.1 Å². The van der Waals surface area contributed by atoms with Gasteiger partial charge in [-0.1, -0.05) is 65.3 Å². The van der Waals surface area contributed by atoms with Gasteiger partial charge in [0, 0.05) is 16.3 Å². The summed E-state index contributed by atoms with van der Waals surface area (Å²) in [6.07, 6.45) is 0. The number of nitriles is 1. The second kappa shape index (κ2) is 9.74. The third kappa shape index (κ3) is 4.56. The summed E-state index contributed by atoms with van der Waals surface area (Å²) in [6.45, 7) is 1.96. The second-order valence-corrected chi connectivity index (χ2v) is 9.25. The van der Waals surface area contributed by atoms with Crippen molar-refractivity contribution in [3.05, 3.63) is 99.6 Å². The van der Waals surface area contributed by atoms with Crippen molar-refractivity contribution in [1.82, 2.24) is 24.3 Å². The van der Waals surface area contributed by atoms with Gasteiger partial charge in [0.25, 0.3) is 5.56 Å². The molecule has 0 aliphatic heterocycles. The molecule has 2 heterocycles. The van der Waals surface area contributed by atoms with Gasteiger partial charge in [-0.15, -0.1) is 10.2 Å². The molecule has 0 saturated carbocycles. The highest BCUT2D eigenvalue weighted by molar-refractivity contribution is 7.98. The van der Waals surface area contributed by atoms with Gasteiger partial charge < -0.3 is 0 Å². The van der Waals surface area contributed by atoms with Crippen LogP contribution in [0.3, 0.4) is 0 Å². The first-order valence-electron chi connectivity index (χ1n) is 10.8. The van der Waals surface area contributed by atoms with Gasteiger partial charge in [-0.2, -0.15) is 5.26 Å². The first-order valence-corrected chi connectivity index (χ1v) is 12.2. The molecule has 0 atom stereocenters. The zero-order valence-electron chi connectivity index (χ0n) is 18.7. The van der Waals surface area contributed by atoms with Crippen LogP contribution in [0, 0.1) is 18.3 Å². The van der Waals surface area contributed by atoms with Crippen molar-refractivity contribution in [1.29, 1.82) is 5.26 Å². The molecule has 0 N–H and O–H groups in total. The van der Waals surface area contributed by atoms with Crippen LogP contribution in [0.4, 0.5) is 0 Å². The summed E-state index contributed by atoms with van der Waals surface area (Å²) in [6, 6.07) is 24.8. The van der Waals surface area contributed by atoms with Crippen LogP contribution in [0.1, 0.15) is 11.4 Å². The van der Waals surface area contributed by atoms with Gasteiger partial charge in [0.05, 0.1) is 22.7 Å². The summed E-state index contributed by atoms with van der Waals surface area (Å²) in [5.74, 6) is 1.53. The highest BCUT2D eigenvalue weighted by Crippen LogP contribution is 2.30. The highest BCUT2D eigenvalue weighted by Gasteiger charge is 2.18. The largest absolute Gasteiger partial charge is 0.281 e. The van der Waals surface area contributed by atoms with E-state index in [1.54, 1.807) is 18.2 Å². The molecule has 172 valence electrons. The third-order valence-corrected chi connectivity index (χ3v) is 6.70. The van der Waals surface area contributed by atoms with Crippen LogP contribution < -0.4 is 5.56 Å². The monoisotopic (exact) mass is 498 g/mol. The van der Waals surface area contributed by atoms with E-state index in [9.17, 15) is 10.1 Å². The molecule has 2 aromatic heterocycles. The van der Waals surface area contributed by atoms with Crippen molar-refractivity contribution in [3.63, 3.8) is 0 Å². The van der Waals surface area contributed by atoms with Gasteiger partial charge >= 0.3 is 0 Å². The van der Waals surface area contributed by atoms with E-state index in [-0.39, 0.29) is 12.1 Å². The lowest BCUT2D eigenvalue weighted by atomic mass is 10.1. The molecule has 35 heavy (non-hydrogen) atoms. The maximum absolute atomic E-state index is 13.0. The van der Waals surface area contributed by atoms with E-state index < -0.39 is 0 Å². The number of fused-ring (bicyclic) bond motifs is 1.